The van der Waals surface area contributed by atoms with Crippen molar-refractivity contribution < 1.29 is 0 Å². The molecule has 2 heterocycles. The maximum absolute atomic E-state index is 4.29. The van der Waals surface area contributed by atoms with Crippen LogP contribution in [0.1, 0.15) is 29.8 Å². The molecule has 0 amide bonds. The van der Waals surface area contributed by atoms with Crippen LogP contribution in [-0.2, 0) is 6.42 Å². The van der Waals surface area contributed by atoms with E-state index in [1.54, 1.807) is 0 Å². The highest BCUT2D eigenvalue weighted by atomic mass is 15.2. The molecule has 3 rings (SSSR count). The van der Waals surface area contributed by atoms with Crippen LogP contribution in [-0.4, -0.2) is 14.6 Å². The molecule has 0 aromatic carbocycles. The standard InChI is InChI=1S/C13H15N3/c1-3-11-6-7-16-12(8-10-4-5-10)14-15-13(16)9(11)2/h3,6-7,10H,1,4-5,8H2,2H3. The van der Waals surface area contributed by atoms with Gasteiger partial charge in [-0.25, -0.2) is 0 Å². The Labute approximate surface area is 94.8 Å². The third kappa shape index (κ3) is 1.43. The van der Waals surface area contributed by atoms with Crippen molar-refractivity contribution in [2.75, 3.05) is 0 Å². The van der Waals surface area contributed by atoms with Crippen LogP contribution < -0.4 is 0 Å². The molecule has 2 aromatic rings. The summed E-state index contributed by atoms with van der Waals surface area (Å²) in [4.78, 5) is 0. The van der Waals surface area contributed by atoms with Crippen molar-refractivity contribution in [2.45, 2.75) is 26.2 Å². The van der Waals surface area contributed by atoms with E-state index in [-0.39, 0.29) is 0 Å². The lowest BCUT2D eigenvalue weighted by Gasteiger charge is -2.03. The van der Waals surface area contributed by atoms with Crippen molar-refractivity contribution in [1.29, 1.82) is 0 Å². The molecule has 0 spiro atoms. The molecular formula is C13H15N3. The van der Waals surface area contributed by atoms with Gasteiger partial charge in [0.05, 0.1) is 0 Å². The molecule has 1 aliphatic carbocycles. The fourth-order valence-corrected chi connectivity index (χ4v) is 2.09. The topological polar surface area (TPSA) is 30.2 Å². The molecular weight excluding hydrogens is 198 g/mol. The van der Waals surface area contributed by atoms with Crippen LogP contribution in [0.25, 0.3) is 11.7 Å². The number of aryl methyl sites for hydroxylation is 1. The molecule has 1 aliphatic rings. The van der Waals surface area contributed by atoms with Crippen LogP contribution in [0.5, 0.6) is 0 Å². The van der Waals surface area contributed by atoms with E-state index >= 15 is 0 Å². The molecule has 1 fully saturated rings. The van der Waals surface area contributed by atoms with Gasteiger partial charge in [-0.15, -0.1) is 10.2 Å². The summed E-state index contributed by atoms with van der Waals surface area (Å²) < 4.78 is 2.11. The lowest BCUT2D eigenvalue weighted by Crippen LogP contribution is -1.97. The van der Waals surface area contributed by atoms with Gasteiger partial charge in [-0.05, 0) is 37.3 Å². The van der Waals surface area contributed by atoms with Gasteiger partial charge in [0, 0.05) is 18.2 Å². The number of hydrogen-bond donors (Lipinski definition) is 0. The molecule has 2 aromatic heterocycles. The Balaban J connectivity index is 2.12. The quantitative estimate of drug-likeness (QED) is 0.784. The molecule has 0 aliphatic heterocycles. The predicted octanol–water partition coefficient (Wildman–Crippen LogP) is 2.63. The molecule has 0 atom stereocenters. The molecule has 82 valence electrons. The second kappa shape index (κ2) is 3.44. The summed E-state index contributed by atoms with van der Waals surface area (Å²) in [5.41, 5.74) is 3.26. The van der Waals surface area contributed by atoms with Gasteiger partial charge in [0.1, 0.15) is 5.82 Å². The second-order valence-electron chi connectivity index (χ2n) is 4.56. The second-order valence-corrected chi connectivity index (χ2v) is 4.56. The Kier molecular flexibility index (Phi) is 2.06. The molecule has 0 N–H and O–H groups in total. The highest BCUT2D eigenvalue weighted by Gasteiger charge is 2.24. The number of pyridine rings is 1. The minimum absolute atomic E-state index is 0.840. The number of aromatic nitrogens is 3. The molecule has 3 nitrogen and oxygen atoms in total. The first kappa shape index (κ1) is 9.58. The molecule has 16 heavy (non-hydrogen) atoms. The van der Waals surface area contributed by atoms with E-state index in [1.165, 1.54) is 12.8 Å². The summed E-state index contributed by atoms with van der Waals surface area (Å²) in [5.74, 6) is 1.93. The number of nitrogens with zero attached hydrogens (tertiary/aromatic N) is 3. The van der Waals surface area contributed by atoms with E-state index in [9.17, 15) is 0 Å². The highest BCUT2D eigenvalue weighted by molar-refractivity contribution is 5.61. The molecule has 1 saturated carbocycles. The average Bonchev–Trinajstić information content (AvgIpc) is 3.00. The monoisotopic (exact) mass is 213 g/mol. The third-order valence-corrected chi connectivity index (χ3v) is 3.33. The normalized spacial score (nSPS) is 15.6. The van der Waals surface area contributed by atoms with Gasteiger partial charge < -0.3 is 0 Å². The molecule has 0 unspecified atom stereocenters. The van der Waals surface area contributed by atoms with Gasteiger partial charge in [0.2, 0.25) is 0 Å². The summed E-state index contributed by atoms with van der Waals surface area (Å²) in [7, 11) is 0. The zero-order chi connectivity index (χ0) is 11.1. The summed E-state index contributed by atoms with van der Waals surface area (Å²) in [6.07, 6.45) is 7.67. The van der Waals surface area contributed by atoms with Crippen LogP contribution in [0.2, 0.25) is 0 Å². The van der Waals surface area contributed by atoms with E-state index in [2.05, 4.69) is 40.4 Å². The first-order chi connectivity index (χ1) is 7.79. The summed E-state index contributed by atoms with van der Waals surface area (Å²) in [5, 5.41) is 8.56. The predicted molar refractivity (Wildman–Crippen MR) is 64.2 cm³/mol. The average molecular weight is 213 g/mol. The van der Waals surface area contributed by atoms with Crippen molar-refractivity contribution in [3.8, 4) is 0 Å². The van der Waals surface area contributed by atoms with Crippen LogP contribution in [0, 0.1) is 12.8 Å². The van der Waals surface area contributed by atoms with Crippen LogP contribution in [0.4, 0.5) is 0 Å². The van der Waals surface area contributed by atoms with Gasteiger partial charge in [-0.2, -0.15) is 0 Å². The Morgan fingerprint density at radius 3 is 3.00 bits per heavy atom. The Morgan fingerprint density at radius 1 is 1.50 bits per heavy atom. The number of rotatable bonds is 3. The third-order valence-electron chi connectivity index (χ3n) is 3.33. The van der Waals surface area contributed by atoms with Crippen LogP contribution >= 0.6 is 0 Å². The summed E-state index contributed by atoms with van der Waals surface area (Å²) in [6, 6.07) is 2.08. The van der Waals surface area contributed by atoms with Gasteiger partial charge in [-0.3, -0.25) is 4.40 Å². The van der Waals surface area contributed by atoms with Crippen LogP contribution in [0.15, 0.2) is 18.8 Å². The van der Waals surface area contributed by atoms with E-state index in [1.807, 2.05) is 6.08 Å². The maximum atomic E-state index is 4.29. The smallest absolute Gasteiger partial charge is 0.164 e. The van der Waals surface area contributed by atoms with Gasteiger partial charge in [0.25, 0.3) is 0 Å². The fourth-order valence-electron chi connectivity index (χ4n) is 2.09. The van der Waals surface area contributed by atoms with Crippen LogP contribution in [0.3, 0.4) is 0 Å². The Hall–Kier alpha value is -1.64. The van der Waals surface area contributed by atoms with E-state index in [4.69, 9.17) is 0 Å². The SMILES string of the molecule is C=Cc1ccn2c(CC3CC3)nnc2c1C. The minimum Gasteiger partial charge on any atom is -0.286 e. The van der Waals surface area contributed by atoms with Crippen molar-refractivity contribution in [3.63, 3.8) is 0 Å². The van der Waals surface area contributed by atoms with Gasteiger partial charge in [0.15, 0.2) is 5.65 Å². The van der Waals surface area contributed by atoms with Crippen molar-refractivity contribution in [2.24, 2.45) is 5.92 Å². The first-order valence-corrected chi connectivity index (χ1v) is 5.75. The lowest BCUT2D eigenvalue weighted by atomic mass is 10.1. The van der Waals surface area contributed by atoms with Gasteiger partial charge >= 0.3 is 0 Å². The number of hydrogen-bond acceptors (Lipinski definition) is 2. The van der Waals surface area contributed by atoms with Crippen molar-refractivity contribution in [1.82, 2.24) is 14.6 Å². The van der Waals surface area contributed by atoms with Crippen molar-refractivity contribution in [3.05, 3.63) is 35.8 Å². The van der Waals surface area contributed by atoms with Gasteiger partial charge in [-0.1, -0.05) is 12.7 Å². The summed E-state index contributed by atoms with van der Waals surface area (Å²) >= 11 is 0. The molecule has 0 radical (unpaired) electrons. The fraction of sp³-hybridized carbons (Fsp3) is 0.385. The van der Waals surface area contributed by atoms with E-state index < -0.39 is 0 Å². The molecule has 0 bridgehead atoms. The van der Waals surface area contributed by atoms with E-state index in [0.29, 0.717) is 0 Å². The molecule has 0 saturated heterocycles. The van der Waals surface area contributed by atoms with E-state index in [0.717, 1.165) is 34.9 Å². The lowest BCUT2D eigenvalue weighted by molar-refractivity contribution is 0.758. The largest absolute Gasteiger partial charge is 0.286 e. The first-order valence-electron chi connectivity index (χ1n) is 5.75. The van der Waals surface area contributed by atoms with Crippen molar-refractivity contribution >= 4 is 11.7 Å². The Morgan fingerprint density at radius 2 is 2.31 bits per heavy atom. The zero-order valence-electron chi connectivity index (χ0n) is 9.48. The Bertz CT molecular complexity index is 550. The summed E-state index contributed by atoms with van der Waals surface area (Å²) in [6.45, 7) is 5.88. The highest BCUT2D eigenvalue weighted by Crippen LogP contribution is 2.32. The molecule has 3 heteroatoms. The zero-order valence-corrected chi connectivity index (χ0v) is 9.48. The maximum Gasteiger partial charge on any atom is 0.164 e. The number of fused-ring (bicyclic) bond motifs is 1. The minimum atomic E-state index is 0.840.